The van der Waals surface area contributed by atoms with Crippen LogP contribution < -0.4 is 10.6 Å². The van der Waals surface area contributed by atoms with Crippen molar-refractivity contribution in [2.75, 3.05) is 20.2 Å². The van der Waals surface area contributed by atoms with E-state index in [9.17, 15) is 4.79 Å². The number of halogens is 1. The third-order valence-electron chi connectivity index (χ3n) is 2.39. The van der Waals surface area contributed by atoms with Gasteiger partial charge in [0.25, 0.3) is 0 Å². The van der Waals surface area contributed by atoms with Gasteiger partial charge in [-0.3, -0.25) is 4.79 Å². The van der Waals surface area contributed by atoms with Gasteiger partial charge in [0.2, 0.25) is 5.91 Å². The Bertz CT molecular complexity index is 359. The Morgan fingerprint density at radius 2 is 1.94 bits per heavy atom. The zero-order valence-corrected chi connectivity index (χ0v) is 11.7. The summed E-state index contributed by atoms with van der Waals surface area (Å²) in [6, 6.07) is 7.98. The van der Waals surface area contributed by atoms with Crippen molar-refractivity contribution in [3.63, 3.8) is 0 Å². The number of benzene rings is 1. The molecule has 5 heteroatoms. The molecule has 0 unspecified atom stereocenters. The van der Waals surface area contributed by atoms with E-state index in [0.29, 0.717) is 26.3 Å². The van der Waals surface area contributed by atoms with Crippen LogP contribution in [-0.2, 0) is 22.7 Å². The highest BCUT2D eigenvalue weighted by atomic mass is 35.5. The van der Waals surface area contributed by atoms with Crippen molar-refractivity contribution >= 4 is 18.3 Å². The standard InChI is InChI=1S/C13H20N2O2.ClH/c1-3-17-10-12-7-5-4-6-11(12)8-15-13(16)9-14-2;/h4-7,14H,3,8-10H2,1-2H3,(H,15,16);1H. The summed E-state index contributed by atoms with van der Waals surface area (Å²) in [5.74, 6) is -0.00119. The first-order chi connectivity index (χ1) is 8.27. The molecule has 1 aromatic rings. The summed E-state index contributed by atoms with van der Waals surface area (Å²) < 4.78 is 5.39. The second-order valence-corrected chi connectivity index (χ2v) is 3.71. The maximum Gasteiger partial charge on any atom is 0.234 e. The monoisotopic (exact) mass is 272 g/mol. The van der Waals surface area contributed by atoms with E-state index in [-0.39, 0.29) is 18.3 Å². The molecule has 0 fully saturated rings. The Morgan fingerprint density at radius 3 is 2.56 bits per heavy atom. The fraction of sp³-hybridized carbons (Fsp3) is 0.462. The number of amides is 1. The number of carbonyl (C=O) groups excluding carboxylic acids is 1. The van der Waals surface area contributed by atoms with Gasteiger partial charge in [-0.2, -0.15) is 0 Å². The van der Waals surface area contributed by atoms with E-state index >= 15 is 0 Å². The molecule has 0 bridgehead atoms. The highest BCUT2D eigenvalue weighted by Gasteiger charge is 2.03. The molecule has 0 spiro atoms. The molecule has 0 aliphatic rings. The van der Waals surface area contributed by atoms with Crippen LogP contribution in [0.4, 0.5) is 0 Å². The van der Waals surface area contributed by atoms with E-state index in [2.05, 4.69) is 10.6 Å². The van der Waals surface area contributed by atoms with Crippen molar-refractivity contribution in [3.05, 3.63) is 35.4 Å². The van der Waals surface area contributed by atoms with Gasteiger partial charge in [0.15, 0.2) is 0 Å². The summed E-state index contributed by atoms with van der Waals surface area (Å²) in [7, 11) is 1.75. The van der Waals surface area contributed by atoms with Crippen LogP contribution in [0.15, 0.2) is 24.3 Å². The maximum absolute atomic E-state index is 11.3. The number of ether oxygens (including phenoxy) is 1. The van der Waals surface area contributed by atoms with E-state index in [1.54, 1.807) is 7.05 Å². The molecule has 0 saturated carbocycles. The van der Waals surface area contributed by atoms with Crippen LogP contribution >= 0.6 is 12.4 Å². The van der Waals surface area contributed by atoms with Gasteiger partial charge in [-0.15, -0.1) is 12.4 Å². The molecule has 0 aliphatic heterocycles. The predicted octanol–water partition coefficient (Wildman–Crippen LogP) is 1.48. The van der Waals surface area contributed by atoms with Crippen molar-refractivity contribution in [1.82, 2.24) is 10.6 Å². The van der Waals surface area contributed by atoms with E-state index < -0.39 is 0 Å². The van der Waals surface area contributed by atoms with Crippen LogP contribution in [0, 0.1) is 0 Å². The quantitative estimate of drug-likeness (QED) is 0.791. The average molecular weight is 273 g/mol. The van der Waals surface area contributed by atoms with Crippen LogP contribution in [0.3, 0.4) is 0 Å². The number of rotatable bonds is 7. The summed E-state index contributed by atoms with van der Waals surface area (Å²) in [5.41, 5.74) is 2.23. The molecular weight excluding hydrogens is 252 g/mol. The normalized spacial score (nSPS) is 9.67. The van der Waals surface area contributed by atoms with Gasteiger partial charge in [0.1, 0.15) is 0 Å². The lowest BCUT2D eigenvalue weighted by Gasteiger charge is -2.10. The number of nitrogens with one attached hydrogen (secondary N) is 2. The van der Waals surface area contributed by atoms with Crippen LogP contribution in [0.25, 0.3) is 0 Å². The maximum atomic E-state index is 11.3. The van der Waals surface area contributed by atoms with Crippen LogP contribution in [-0.4, -0.2) is 26.1 Å². The molecule has 102 valence electrons. The van der Waals surface area contributed by atoms with Gasteiger partial charge < -0.3 is 15.4 Å². The lowest BCUT2D eigenvalue weighted by Crippen LogP contribution is -2.31. The van der Waals surface area contributed by atoms with Crippen LogP contribution in [0.5, 0.6) is 0 Å². The highest BCUT2D eigenvalue weighted by Crippen LogP contribution is 2.09. The molecule has 0 heterocycles. The Labute approximate surface area is 115 Å². The molecule has 1 aromatic carbocycles. The summed E-state index contributed by atoms with van der Waals surface area (Å²) in [5, 5.41) is 5.68. The SMILES string of the molecule is CCOCc1ccccc1CNC(=O)CNC.Cl. The number of carbonyl (C=O) groups is 1. The van der Waals surface area contributed by atoms with E-state index in [4.69, 9.17) is 4.74 Å². The molecule has 0 aromatic heterocycles. The molecule has 0 saturated heterocycles. The van der Waals surface area contributed by atoms with E-state index in [1.807, 2.05) is 31.2 Å². The molecular formula is C13H21ClN2O2. The lowest BCUT2D eigenvalue weighted by atomic mass is 10.1. The van der Waals surface area contributed by atoms with Gasteiger partial charge in [-0.05, 0) is 25.1 Å². The second-order valence-electron chi connectivity index (χ2n) is 3.71. The first-order valence-corrected chi connectivity index (χ1v) is 5.83. The number of hydrogen-bond donors (Lipinski definition) is 2. The fourth-order valence-electron chi connectivity index (χ4n) is 1.50. The Hall–Kier alpha value is -1.10. The van der Waals surface area contributed by atoms with Crippen molar-refractivity contribution in [3.8, 4) is 0 Å². The molecule has 0 radical (unpaired) electrons. The van der Waals surface area contributed by atoms with E-state index in [0.717, 1.165) is 11.1 Å². The molecule has 1 amide bonds. The molecule has 4 nitrogen and oxygen atoms in total. The number of hydrogen-bond acceptors (Lipinski definition) is 3. The smallest absolute Gasteiger partial charge is 0.234 e. The zero-order valence-electron chi connectivity index (χ0n) is 10.9. The zero-order chi connectivity index (χ0) is 12.5. The first-order valence-electron chi connectivity index (χ1n) is 5.83. The third kappa shape index (κ3) is 6.00. The summed E-state index contributed by atoms with van der Waals surface area (Å²) >= 11 is 0. The largest absolute Gasteiger partial charge is 0.377 e. The Balaban J connectivity index is 0.00000289. The predicted molar refractivity (Wildman–Crippen MR) is 74.8 cm³/mol. The molecule has 0 aliphatic carbocycles. The third-order valence-corrected chi connectivity index (χ3v) is 2.39. The van der Waals surface area contributed by atoms with Crippen molar-refractivity contribution in [2.24, 2.45) is 0 Å². The van der Waals surface area contributed by atoms with Gasteiger partial charge in [0, 0.05) is 13.2 Å². The average Bonchev–Trinajstić information content (AvgIpc) is 2.35. The minimum atomic E-state index is -0.00119. The molecule has 18 heavy (non-hydrogen) atoms. The fourth-order valence-corrected chi connectivity index (χ4v) is 1.50. The van der Waals surface area contributed by atoms with Crippen molar-refractivity contribution < 1.29 is 9.53 Å². The van der Waals surface area contributed by atoms with Crippen LogP contribution in [0.2, 0.25) is 0 Å². The number of likely N-dealkylation sites (N-methyl/N-ethyl adjacent to an activating group) is 1. The topological polar surface area (TPSA) is 50.4 Å². The van der Waals surface area contributed by atoms with Gasteiger partial charge in [-0.25, -0.2) is 0 Å². The van der Waals surface area contributed by atoms with E-state index in [1.165, 1.54) is 0 Å². The summed E-state index contributed by atoms with van der Waals surface area (Å²) in [4.78, 5) is 11.3. The van der Waals surface area contributed by atoms with Crippen molar-refractivity contribution in [1.29, 1.82) is 0 Å². The van der Waals surface area contributed by atoms with Crippen LogP contribution in [0.1, 0.15) is 18.1 Å². The van der Waals surface area contributed by atoms with Gasteiger partial charge in [-0.1, -0.05) is 24.3 Å². The first kappa shape index (κ1) is 16.9. The minimum Gasteiger partial charge on any atom is -0.377 e. The van der Waals surface area contributed by atoms with Gasteiger partial charge in [0.05, 0.1) is 13.2 Å². The lowest BCUT2D eigenvalue weighted by molar-refractivity contribution is -0.120. The minimum absolute atomic E-state index is 0. The molecule has 2 N–H and O–H groups in total. The summed E-state index contributed by atoms with van der Waals surface area (Å²) in [6.45, 7) is 4.14. The Kier molecular flexibility index (Phi) is 9.28. The van der Waals surface area contributed by atoms with Crippen molar-refractivity contribution in [2.45, 2.75) is 20.1 Å². The highest BCUT2D eigenvalue weighted by molar-refractivity contribution is 5.85. The Morgan fingerprint density at radius 1 is 1.28 bits per heavy atom. The molecule has 0 atom stereocenters. The second kappa shape index (κ2) is 9.88. The molecule has 1 rings (SSSR count). The van der Waals surface area contributed by atoms with Gasteiger partial charge >= 0.3 is 0 Å². The summed E-state index contributed by atoms with van der Waals surface area (Å²) in [6.07, 6.45) is 0.